The van der Waals surface area contributed by atoms with E-state index in [1.54, 1.807) is 13.2 Å². The van der Waals surface area contributed by atoms with Crippen LogP contribution in [-0.2, 0) is 4.74 Å². The van der Waals surface area contributed by atoms with Gasteiger partial charge in [0.25, 0.3) is 11.8 Å². The number of carbonyl (C=O) groups excluding carboxylic acids is 2. The Hall–Kier alpha value is -2.73. The molecule has 2 N–H and O–H groups in total. The molecule has 0 atom stereocenters. The highest BCUT2D eigenvalue weighted by Crippen LogP contribution is 2.32. The molecule has 29 heavy (non-hydrogen) atoms. The molecular formula is C23H31N3O3. The van der Waals surface area contributed by atoms with Crippen LogP contribution in [0.25, 0.3) is 0 Å². The van der Waals surface area contributed by atoms with E-state index in [1.807, 2.05) is 18.2 Å². The number of anilines is 1. The quantitative estimate of drug-likeness (QED) is 0.617. The Labute approximate surface area is 173 Å². The molecule has 0 saturated heterocycles. The van der Waals surface area contributed by atoms with Crippen molar-refractivity contribution in [2.45, 2.75) is 46.0 Å². The SMILES string of the molecule is COCCCNC(=O)c1ccnc(C(=O)Nc2c(C(C)C)cccc2C(C)C)c1. The number of carbonyl (C=O) groups is 2. The fourth-order valence-corrected chi connectivity index (χ4v) is 3.09. The van der Waals surface area contributed by atoms with Crippen molar-refractivity contribution in [2.24, 2.45) is 0 Å². The summed E-state index contributed by atoms with van der Waals surface area (Å²) in [5, 5.41) is 5.85. The molecule has 6 nitrogen and oxygen atoms in total. The molecule has 156 valence electrons. The number of rotatable bonds is 9. The summed E-state index contributed by atoms with van der Waals surface area (Å²) in [4.78, 5) is 29.4. The van der Waals surface area contributed by atoms with Crippen molar-refractivity contribution in [3.05, 3.63) is 58.9 Å². The van der Waals surface area contributed by atoms with Crippen LogP contribution in [0.15, 0.2) is 36.5 Å². The van der Waals surface area contributed by atoms with Crippen LogP contribution in [0, 0.1) is 0 Å². The molecule has 0 aliphatic rings. The number of methoxy groups -OCH3 is 1. The number of benzene rings is 1. The molecule has 2 rings (SSSR count). The van der Waals surface area contributed by atoms with Crippen molar-refractivity contribution < 1.29 is 14.3 Å². The van der Waals surface area contributed by atoms with E-state index in [-0.39, 0.29) is 29.3 Å². The van der Waals surface area contributed by atoms with Crippen molar-refractivity contribution >= 4 is 17.5 Å². The Bertz CT molecular complexity index is 821. The van der Waals surface area contributed by atoms with Gasteiger partial charge in [-0.2, -0.15) is 0 Å². The second-order valence-corrected chi connectivity index (χ2v) is 7.61. The van der Waals surface area contributed by atoms with Gasteiger partial charge in [-0.1, -0.05) is 45.9 Å². The maximum Gasteiger partial charge on any atom is 0.274 e. The number of amides is 2. The van der Waals surface area contributed by atoms with Crippen molar-refractivity contribution in [1.29, 1.82) is 0 Å². The zero-order valence-electron chi connectivity index (χ0n) is 17.9. The first kappa shape index (κ1) is 22.6. The van der Waals surface area contributed by atoms with E-state index in [0.717, 1.165) is 23.2 Å². The van der Waals surface area contributed by atoms with Crippen LogP contribution < -0.4 is 10.6 Å². The lowest BCUT2D eigenvalue weighted by Crippen LogP contribution is -2.26. The largest absolute Gasteiger partial charge is 0.385 e. The van der Waals surface area contributed by atoms with Crippen LogP contribution in [0.3, 0.4) is 0 Å². The third-order valence-corrected chi connectivity index (χ3v) is 4.68. The lowest BCUT2D eigenvalue weighted by Gasteiger charge is -2.20. The summed E-state index contributed by atoms with van der Waals surface area (Å²) in [5.74, 6) is -0.0284. The number of aromatic nitrogens is 1. The predicted octanol–water partition coefficient (Wildman–Crippen LogP) is 4.35. The number of hydrogen-bond acceptors (Lipinski definition) is 4. The molecule has 0 radical (unpaired) electrons. The Morgan fingerprint density at radius 3 is 2.28 bits per heavy atom. The summed E-state index contributed by atoms with van der Waals surface area (Å²) >= 11 is 0. The number of hydrogen-bond donors (Lipinski definition) is 2. The van der Waals surface area contributed by atoms with Crippen LogP contribution in [0.2, 0.25) is 0 Å². The molecule has 1 aromatic heterocycles. The van der Waals surface area contributed by atoms with E-state index in [2.05, 4.69) is 43.3 Å². The molecule has 0 aliphatic carbocycles. The van der Waals surface area contributed by atoms with Gasteiger partial charge in [0, 0.05) is 37.7 Å². The van der Waals surface area contributed by atoms with Crippen molar-refractivity contribution in [3.63, 3.8) is 0 Å². The average Bonchev–Trinajstić information content (AvgIpc) is 2.70. The molecule has 1 heterocycles. The zero-order valence-corrected chi connectivity index (χ0v) is 17.9. The van der Waals surface area contributed by atoms with E-state index in [0.29, 0.717) is 18.7 Å². The van der Waals surface area contributed by atoms with Gasteiger partial charge in [-0.15, -0.1) is 0 Å². The third kappa shape index (κ3) is 6.12. The molecule has 2 aromatic rings. The Morgan fingerprint density at radius 2 is 1.69 bits per heavy atom. The first-order valence-electron chi connectivity index (χ1n) is 10.0. The minimum atomic E-state index is -0.325. The van der Waals surface area contributed by atoms with Crippen molar-refractivity contribution in [2.75, 3.05) is 25.6 Å². The summed E-state index contributed by atoms with van der Waals surface area (Å²) in [6, 6.07) is 9.21. The lowest BCUT2D eigenvalue weighted by molar-refractivity contribution is 0.0948. The molecule has 0 fully saturated rings. The molecule has 0 spiro atoms. The average molecular weight is 398 g/mol. The van der Waals surface area contributed by atoms with Crippen LogP contribution in [0.4, 0.5) is 5.69 Å². The van der Waals surface area contributed by atoms with E-state index in [4.69, 9.17) is 4.74 Å². The number of pyridine rings is 1. The monoisotopic (exact) mass is 397 g/mol. The molecule has 0 aliphatic heterocycles. The van der Waals surface area contributed by atoms with Gasteiger partial charge in [0.15, 0.2) is 0 Å². The zero-order chi connectivity index (χ0) is 21.4. The van der Waals surface area contributed by atoms with E-state index < -0.39 is 0 Å². The predicted molar refractivity (Wildman–Crippen MR) is 116 cm³/mol. The van der Waals surface area contributed by atoms with Crippen LogP contribution in [-0.4, -0.2) is 37.1 Å². The topological polar surface area (TPSA) is 80.3 Å². The minimum absolute atomic E-state index is 0.211. The Morgan fingerprint density at radius 1 is 1.03 bits per heavy atom. The molecule has 2 amide bonds. The van der Waals surface area contributed by atoms with Gasteiger partial charge >= 0.3 is 0 Å². The third-order valence-electron chi connectivity index (χ3n) is 4.68. The molecule has 0 bridgehead atoms. The Balaban J connectivity index is 2.21. The molecule has 0 saturated carbocycles. The number of ether oxygens (including phenoxy) is 1. The first-order chi connectivity index (χ1) is 13.8. The van der Waals surface area contributed by atoms with Crippen LogP contribution in [0.1, 0.15) is 77.9 Å². The van der Waals surface area contributed by atoms with Crippen LogP contribution in [0.5, 0.6) is 0 Å². The fourth-order valence-electron chi connectivity index (χ4n) is 3.09. The van der Waals surface area contributed by atoms with E-state index in [9.17, 15) is 9.59 Å². The Kier molecular flexibility index (Phi) is 8.34. The number of nitrogens with one attached hydrogen (secondary N) is 2. The first-order valence-corrected chi connectivity index (χ1v) is 10.0. The molecule has 6 heteroatoms. The standard InChI is InChI=1S/C23H31N3O3/c1-15(2)18-8-6-9-19(16(3)4)21(18)26-23(28)20-14-17(10-12-24-20)22(27)25-11-7-13-29-5/h6,8-10,12,14-16H,7,11,13H2,1-5H3,(H,25,27)(H,26,28). The summed E-state index contributed by atoms with van der Waals surface area (Å²) in [6.45, 7) is 9.49. The summed E-state index contributed by atoms with van der Waals surface area (Å²) in [5.41, 5.74) is 3.61. The van der Waals surface area contributed by atoms with Gasteiger partial charge in [-0.05, 0) is 41.5 Å². The highest BCUT2D eigenvalue weighted by Gasteiger charge is 2.18. The second kappa shape index (κ2) is 10.7. The summed E-state index contributed by atoms with van der Waals surface area (Å²) in [6.07, 6.45) is 2.21. The smallest absolute Gasteiger partial charge is 0.274 e. The highest BCUT2D eigenvalue weighted by atomic mass is 16.5. The van der Waals surface area contributed by atoms with Gasteiger partial charge < -0.3 is 15.4 Å². The van der Waals surface area contributed by atoms with Gasteiger partial charge in [0.2, 0.25) is 0 Å². The molecule has 1 aromatic carbocycles. The lowest BCUT2D eigenvalue weighted by atomic mass is 9.92. The maximum absolute atomic E-state index is 12.9. The second-order valence-electron chi connectivity index (χ2n) is 7.61. The highest BCUT2D eigenvalue weighted by molar-refractivity contribution is 6.05. The van der Waals surface area contributed by atoms with Gasteiger partial charge in [-0.25, -0.2) is 0 Å². The normalized spacial score (nSPS) is 11.0. The minimum Gasteiger partial charge on any atom is -0.385 e. The number of para-hydroxylation sites is 1. The maximum atomic E-state index is 12.9. The van der Waals surface area contributed by atoms with Gasteiger partial charge in [0.05, 0.1) is 0 Å². The van der Waals surface area contributed by atoms with Crippen molar-refractivity contribution in [1.82, 2.24) is 10.3 Å². The summed E-state index contributed by atoms with van der Waals surface area (Å²) < 4.78 is 4.98. The van der Waals surface area contributed by atoms with E-state index >= 15 is 0 Å². The van der Waals surface area contributed by atoms with Crippen molar-refractivity contribution in [3.8, 4) is 0 Å². The van der Waals surface area contributed by atoms with Gasteiger partial charge in [0.1, 0.15) is 5.69 Å². The molecular weight excluding hydrogens is 366 g/mol. The molecule has 0 unspecified atom stereocenters. The fraction of sp³-hybridized carbons (Fsp3) is 0.435. The van der Waals surface area contributed by atoms with Crippen LogP contribution >= 0.6 is 0 Å². The van der Waals surface area contributed by atoms with Gasteiger partial charge in [-0.3, -0.25) is 14.6 Å². The number of nitrogens with zero attached hydrogens (tertiary/aromatic N) is 1. The summed E-state index contributed by atoms with van der Waals surface area (Å²) in [7, 11) is 1.62. The van der Waals surface area contributed by atoms with E-state index in [1.165, 1.54) is 12.3 Å².